The first-order chi connectivity index (χ1) is 13.0. The Hall–Kier alpha value is -2.87. The number of methoxy groups -OCH3 is 1. The van der Waals surface area contributed by atoms with E-state index in [1.54, 1.807) is 37.6 Å². The van der Waals surface area contributed by atoms with E-state index in [9.17, 15) is 9.59 Å². The zero-order valence-electron chi connectivity index (χ0n) is 15.5. The molecule has 2 rings (SSSR count). The zero-order valence-corrected chi connectivity index (χ0v) is 16.3. The summed E-state index contributed by atoms with van der Waals surface area (Å²) < 4.78 is 15.6. The standard InChI is InChI=1S/C19H22N2O5S/c1-4-25-15-8-6-13(10-16(15)24-3)7-9-17(22)21-19-20-14(12-27-19)11-18(23)26-5-2/h6-10,12H,4-5,11H2,1-3H3,(H,20,21,22)/b9-7+. The molecular formula is C19H22N2O5S. The summed E-state index contributed by atoms with van der Waals surface area (Å²) >= 11 is 1.25. The molecule has 27 heavy (non-hydrogen) atoms. The van der Waals surface area contributed by atoms with Gasteiger partial charge in [0.25, 0.3) is 0 Å². The Morgan fingerprint density at radius 1 is 1.22 bits per heavy atom. The number of rotatable bonds is 9. The van der Waals surface area contributed by atoms with E-state index in [2.05, 4.69) is 10.3 Å². The number of carbonyl (C=O) groups excluding carboxylic acids is 2. The second kappa shape index (κ2) is 10.3. The van der Waals surface area contributed by atoms with Crippen molar-refractivity contribution in [3.05, 3.63) is 40.9 Å². The van der Waals surface area contributed by atoms with Crippen LogP contribution in [0.15, 0.2) is 29.7 Å². The van der Waals surface area contributed by atoms with Crippen molar-refractivity contribution in [2.75, 3.05) is 25.6 Å². The third-order valence-electron chi connectivity index (χ3n) is 3.33. The second-order valence-corrected chi connectivity index (χ2v) is 6.15. The van der Waals surface area contributed by atoms with E-state index in [1.165, 1.54) is 17.4 Å². The van der Waals surface area contributed by atoms with Gasteiger partial charge in [-0.15, -0.1) is 11.3 Å². The number of ether oxygens (including phenoxy) is 3. The van der Waals surface area contributed by atoms with Crippen LogP contribution in [0.5, 0.6) is 11.5 Å². The Morgan fingerprint density at radius 3 is 2.74 bits per heavy atom. The van der Waals surface area contributed by atoms with E-state index in [1.807, 2.05) is 13.0 Å². The van der Waals surface area contributed by atoms with Crippen molar-refractivity contribution in [2.45, 2.75) is 20.3 Å². The molecule has 0 unspecified atom stereocenters. The molecule has 1 aromatic carbocycles. The zero-order chi connectivity index (χ0) is 19.6. The number of thiazole rings is 1. The van der Waals surface area contributed by atoms with Crippen LogP contribution in [0.25, 0.3) is 6.08 Å². The number of amides is 1. The Balaban J connectivity index is 1.95. The molecule has 7 nitrogen and oxygen atoms in total. The molecule has 0 spiro atoms. The number of anilines is 1. The topological polar surface area (TPSA) is 86.8 Å². The lowest BCUT2D eigenvalue weighted by Gasteiger charge is -2.09. The number of nitrogens with one attached hydrogen (secondary N) is 1. The summed E-state index contributed by atoms with van der Waals surface area (Å²) in [5.41, 5.74) is 1.36. The van der Waals surface area contributed by atoms with E-state index >= 15 is 0 Å². The van der Waals surface area contributed by atoms with Gasteiger partial charge in [0.2, 0.25) is 5.91 Å². The van der Waals surface area contributed by atoms with Crippen molar-refractivity contribution >= 4 is 34.4 Å². The summed E-state index contributed by atoms with van der Waals surface area (Å²) in [5, 5.41) is 4.81. The van der Waals surface area contributed by atoms with Crippen LogP contribution in [0.1, 0.15) is 25.1 Å². The van der Waals surface area contributed by atoms with Gasteiger partial charge in [-0.05, 0) is 37.6 Å². The third-order valence-corrected chi connectivity index (χ3v) is 4.13. The number of esters is 1. The Kier molecular flexibility index (Phi) is 7.81. The molecule has 0 fully saturated rings. The molecule has 0 bridgehead atoms. The molecule has 0 atom stereocenters. The second-order valence-electron chi connectivity index (χ2n) is 5.29. The Morgan fingerprint density at radius 2 is 2.04 bits per heavy atom. The number of hydrogen-bond acceptors (Lipinski definition) is 7. The van der Waals surface area contributed by atoms with Crippen LogP contribution in [0.2, 0.25) is 0 Å². The van der Waals surface area contributed by atoms with E-state index < -0.39 is 0 Å². The van der Waals surface area contributed by atoms with Crippen molar-refractivity contribution in [1.82, 2.24) is 4.98 Å². The minimum atomic E-state index is -0.343. The first-order valence-electron chi connectivity index (χ1n) is 8.45. The van der Waals surface area contributed by atoms with Crippen molar-refractivity contribution in [3.8, 4) is 11.5 Å². The molecule has 0 aliphatic rings. The monoisotopic (exact) mass is 390 g/mol. The van der Waals surface area contributed by atoms with Crippen LogP contribution in [0.3, 0.4) is 0 Å². The van der Waals surface area contributed by atoms with Gasteiger partial charge in [-0.2, -0.15) is 0 Å². The fourth-order valence-electron chi connectivity index (χ4n) is 2.19. The number of aromatic nitrogens is 1. The molecule has 1 heterocycles. The van der Waals surface area contributed by atoms with Gasteiger partial charge in [0, 0.05) is 11.5 Å². The molecule has 1 N–H and O–H groups in total. The van der Waals surface area contributed by atoms with E-state index in [-0.39, 0.29) is 18.3 Å². The summed E-state index contributed by atoms with van der Waals surface area (Å²) in [6.45, 7) is 4.51. The molecule has 0 aliphatic carbocycles. The molecule has 0 saturated carbocycles. The lowest BCUT2D eigenvalue weighted by atomic mass is 10.2. The third kappa shape index (κ3) is 6.41. The molecule has 1 amide bonds. The van der Waals surface area contributed by atoms with E-state index in [4.69, 9.17) is 14.2 Å². The molecule has 2 aromatic rings. The molecule has 8 heteroatoms. The van der Waals surface area contributed by atoms with Gasteiger partial charge in [-0.25, -0.2) is 4.98 Å². The first kappa shape index (κ1) is 20.4. The summed E-state index contributed by atoms with van der Waals surface area (Å²) in [5.74, 6) is 0.589. The minimum Gasteiger partial charge on any atom is -0.493 e. The van der Waals surface area contributed by atoms with Crippen molar-refractivity contribution < 1.29 is 23.8 Å². The Bertz CT molecular complexity index is 816. The highest BCUT2D eigenvalue weighted by molar-refractivity contribution is 7.14. The van der Waals surface area contributed by atoms with Gasteiger partial charge in [-0.1, -0.05) is 6.07 Å². The maximum absolute atomic E-state index is 12.1. The van der Waals surface area contributed by atoms with Crippen molar-refractivity contribution in [1.29, 1.82) is 0 Å². The van der Waals surface area contributed by atoms with Gasteiger partial charge >= 0.3 is 5.97 Å². The van der Waals surface area contributed by atoms with Crippen LogP contribution in [-0.4, -0.2) is 37.2 Å². The van der Waals surface area contributed by atoms with E-state index in [0.717, 1.165) is 5.56 Å². The molecule has 1 aromatic heterocycles. The SMILES string of the molecule is CCOC(=O)Cc1csc(NC(=O)/C=C/c2ccc(OCC)c(OC)c2)n1. The highest BCUT2D eigenvalue weighted by Crippen LogP contribution is 2.28. The fourth-order valence-corrected chi connectivity index (χ4v) is 2.90. The summed E-state index contributed by atoms with van der Waals surface area (Å²) in [6.07, 6.45) is 3.16. The van der Waals surface area contributed by atoms with Crippen LogP contribution in [-0.2, 0) is 20.7 Å². The van der Waals surface area contributed by atoms with Crippen molar-refractivity contribution in [3.63, 3.8) is 0 Å². The van der Waals surface area contributed by atoms with E-state index in [0.29, 0.717) is 35.5 Å². The number of nitrogens with zero attached hydrogens (tertiary/aromatic N) is 1. The summed E-state index contributed by atoms with van der Waals surface area (Å²) in [4.78, 5) is 27.7. The lowest BCUT2D eigenvalue weighted by Crippen LogP contribution is -2.09. The molecule has 0 saturated heterocycles. The first-order valence-corrected chi connectivity index (χ1v) is 9.33. The number of carbonyl (C=O) groups is 2. The number of benzene rings is 1. The van der Waals surface area contributed by atoms with Gasteiger partial charge < -0.3 is 14.2 Å². The molecule has 0 radical (unpaired) electrons. The maximum Gasteiger partial charge on any atom is 0.311 e. The summed E-state index contributed by atoms with van der Waals surface area (Å²) in [7, 11) is 1.56. The van der Waals surface area contributed by atoms with Crippen LogP contribution < -0.4 is 14.8 Å². The normalized spacial score (nSPS) is 10.6. The average molecular weight is 390 g/mol. The summed E-state index contributed by atoms with van der Waals surface area (Å²) in [6, 6.07) is 5.41. The smallest absolute Gasteiger partial charge is 0.311 e. The van der Waals surface area contributed by atoms with Crippen LogP contribution in [0.4, 0.5) is 5.13 Å². The fraction of sp³-hybridized carbons (Fsp3) is 0.316. The Labute approximate surface area is 162 Å². The largest absolute Gasteiger partial charge is 0.493 e. The number of hydrogen-bond donors (Lipinski definition) is 1. The highest BCUT2D eigenvalue weighted by Gasteiger charge is 2.09. The molecular weight excluding hydrogens is 368 g/mol. The highest BCUT2D eigenvalue weighted by atomic mass is 32.1. The van der Waals surface area contributed by atoms with Gasteiger partial charge in [0.15, 0.2) is 16.6 Å². The molecule has 144 valence electrons. The quantitative estimate of drug-likeness (QED) is 0.522. The maximum atomic E-state index is 12.1. The predicted molar refractivity (Wildman–Crippen MR) is 104 cm³/mol. The minimum absolute atomic E-state index is 0.0853. The van der Waals surface area contributed by atoms with Gasteiger partial charge in [0.1, 0.15) is 0 Å². The average Bonchev–Trinajstić information content (AvgIpc) is 3.07. The predicted octanol–water partition coefficient (Wildman–Crippen LogP) is 3.31. The van der Waals surface area contributed by atoms with Crippen molar-refractivity contribution in [2.24, 2.45) is 0 Å². The van der Waals surface area contributed by atoms with Gasteiger partial charge in [0.05, 0.1) is 32.4 Å². The van der Waals surface area contributed by atoms with Crippen LogP contribution in [0, 0.1) is 0 Å². The van der Waals surface area contributed by atoms with Gasteiger partial charge in [-0.3, -0.25) is 14.9 Å². The lowest BCUT2D eigenvalue weighted by molar-refractivity contribution is -0.142. The van der Waals surface area contributed by atoms with Crippen LogP contribution >= 0.6 is 11.3 Å². The molecule has 0 aliphatic heterocycles.